The Morgan fingerprint density at radius 2 is 1.79 bits per heavy atom. The second-order valence-electron chi connectivity index (χ2n) is 7.52. The van der Waals surface area contributed by atoms with E-state index in [-0.39, 0.29) is 29.5 Å². The SMILES string of the molecule is O=C1[C@@H]2CCCC[C@H]2C(=O)N1c1ccc2nc(SCc3ccccc3F)sc2c1. The van der Waals surface area contributed by atoms with Gasteiger partial charge in [-0.2, -0.15) is 0 Å². The van der Waals surface area contributed by atoms with Crippen LogP contribution in [0.1, 0.15) is 31.2 Å². The number of aromatic nitrogens is 1. The molecule has 1 aromatic heterocycles. The van der Waals surface area contributed by atoms with Crippen LogP contribution in [0.3, 0.4) is 0 Å². The van der Waals surface area contributed by atoms with Crippen LogP contribution in [0.25, 0.3) is 10.2 Å². The minimum Gasteiger partial charge on any atom is -0.274 e. The predicted octanol–water partition coefficient (Wildman–Crippen LogP) is 5.41. The molecule has 5 rings (SSSR count). The quantitative estimate of drug-likeness (QED) is 0.414. The molecule has 2 fully saturated rings. The van der Waals surface area contributed by atoms with Gasteiger partial charge < -0.3 is 0 Å². The van der Waals surface area contributed by atoms with E-state index in [1.165, 1.54) is 34.1 Å². The van der Waals surface area contributed by atoms with Gasteiger partial charge >= 0.3 is 0 Å². The molecule has 1 aliphatic heterocycles. The number of anilines is 1. The molecule has 0 spiro atoms. The third-order valence-corrected chi connectivity index (χ3v) is 7.97. The zero-order valence-corrected chi connectivity index (χ0v) is 17.3. The van der Waals surface area contributed by atoms with Crippen LogP contribution in [-0.4, -0.2) is 16.8 Å². The van der Waals surface area contributed by atoms with E-state index in [4.69, 9.17) is 0 Å². The average Bonchev–Trinajstić information content (AvgIpc) is 3.25. The Kier molecular flexibility index (Phi) is 4.87. The Balaban J connectivity index is 1.39. The van der Waals surface area contributed by atoms with Crippen molar-refractivity contribution in [2.45, 2.75) is 35.8 Å². The minimum atomic E-state index is -0.212. The molecule has 7 heteroatoms. The lowest BCUT2D eigenvalue weighted by atomic mass is 9.81. The Labute approximate surface area is 176 Å². The number of fused-ring (bicyclic) bond motifs is 2. The number of benzene rings is 2. The molecule has 148 valence electrons. The molecule has 4 nitrogen and oxygen atoms in total. The highest BCUT2D eigenvalue weighted by Crippen LogP contribution is 2.41. The molecule has 0 bridgehead atoms. The lowest BCUT2D eigenvalue weighted by Gasteiger charge is -2.19. The van der Waals surface area contributed by atoms with Crippen LogP contribution in [-0.2, 0) is 15.3 Å². The van der Waals surface area contributed by atoms with Crippen LogP contribution in [0.4, 0.5) is 10.1 Å². The van der Waals surface area contributed by atoms with Gasteiger partial charge in [-0.25, -0.2) is 9.37 Å². The summed E-state index contributed by atoms with van der Waals surface area (Å²) in [4.78, 5) is 31.7. The molecule has 2 aliphatic rings. The standard InChI is InChI=1S/C22H19FN2O2S2/c23-17-8-4-1-5-13(17)12-28-22-24-18-10-9-14(11-19(18)29-22)25-20(26)15-6-2-3-7-16(15)21(25)27/h1,4-5,8-11,15-16H,2-3,6-7,12H2/t15-,16-/m1/s1. The van der Waals surface area contributed by atoms with Gasteiger partial charge in [0.25, 0.3) is 0 Å². The maximum absolute atomic E-state index is 13.8. The van der Waals surface area contributed by atoms with E-state index < -0.39 is 0 Å². The number of nitrogens with zero attached hydrogens (tertiary/aromatic N) is 2. The Morgan fingerprint density at radius 3 is 2.52 bits per heavy atom. The number of amides is 2. The van der Waals surface area contributed by atoms with Crippen LogP contribution in [0.5, 0.6) is 0 Å². The van der Waals surface area contributed by atoms with E-state index in [0.717, 1.165) is 40.2 Å². The van der Waals surface area contributed by atoms with Crippen molar-refractivity contribution in [3.63, 3.8) is 0 Å². The van der Waals surface area contributed by atoms with Gasteiger partial charge in [0, 0.05) is 5.75 Å². The molecule has 2 atom stereocenters. The molecule has 2 aromatic carbocycles. The summed E-state index contributed by atoms with van der Waals surface area (Å²) >= 11 is 2.99. The topological polar surface area (TPSA) is 50.3 Å². The van der Waals surface area contributed by atoms with Crippen molar-refractivity contribution in [2.75, 3.05) is 4.90 Å². The summed E-state index contributed by atoms with van der Waals surface area (Å²) in [5.41, 5.74) is 2.11. The molecule has 2 heterocycles. The molecule has 2 amide bonds. The van der Waals surface area contributed by atoms with Gasteiger partial charge in [-0.15, -0.1) is 11.3 Å². The molecule has 0 unspecified atom stereocenters. The first-order valence-electron chi connectivity index (χ1n) is 9.76. The van der Waals surface area contributed by atoms with Crippen molar-refractivity contribution in [3.05, 3.63) is 53.8 Å². The normalized spacial score (nSPS) is 21.8. The summed E-state index contributed by atoms with van der Waals surface area (Å²) in [7, 11) is 0. The number of hydrogen-bond donors (Lipinski definition) is 0. The first kappa shape index (κ1) is 18.8. The largest absolute Gasteiger partial charge is 0.274 e. The fraction of sp³-hybridized carbons (Fsp3) is 0.318. The monoisotopic (exact) mass is 426 g/mol. The van der Waals surface area contributed by atoms with Gasteiger partial charge in [-0.05, 0) is 42.7 Å². The fourth-order valence-corrected chi connectivity index (χ4v) is 6.35. The zero-order valence-electron chi connectivity index (χ0n) is 15.6. The lowest BCUT2D eigenvalue weighted by molar-refractivity contribution is -0.122. The highest BCUT2D eigenvalue weighted by Gasteiger charge is 2.48. The van der Waals surface area contributed by atoms with E-state index in [0.29, 0.717) is 17.0 Å². The molecule has 3 aromatic rings. The minimum absolute atomic E-state index is 0.0577. The number of carbonyl (C=O) groups excluding carboxylic acids is 2. The Hall–Kier alpha value is -2.25. The summed E-state index contributed by atoms with van der Waals surface area (Å²) in [5.74, 6) is -0.127. The van der Waals surface area contributed by atoms with Crippen LogP contribution in [0.15, 0.2) is 46.8 Å². The van der Waals surface area contributed by atoms with Crippen LogP contribution < -0.4 is 4.90 Å². The third kappa shape index (κ3) is 3.36. The smallest absolute Gasteiger partial charge is 0.237 e. The molecule has 29 heavy (non-hydrogen) atoms. The van der Waals surface area contributed by atoms with E-state index in [1.807, 2.05) is 18.2 Å². The zero-order chi connectivity index (χ0) is 20.0. The van der Waals surface area contributed by atoms with Gasteiger partial charge in [0.05, 0.1) is 27.7 Å². The van der Waals surface area contributed by atoms with E-state index in [1.54, 1.807) is 18.2 Å². The van der Waals surface area contributed by atoms with Gasteiger partial charge in [0.1, 0.15) is 5.82 Å². The first-order valence-corrected chi connectivity index (χ1v) is 11.6. The van der Waals surface area contributed by atoms with Crippen molar-refractivity contribution >= 4 is 50.8 Å². The second-order valence-corrected chi connectivity index (χ2v) is 9.77. The van der Waals surface area contributed by atoms with E-state index >= 15 is 0 Å². The highest BCUT2D eigenvalue weighted by molar-refractivity contribution is 8.00. The summed E-state index contributed by atoms with van der Waals surface area (Å²) in [6.07, 6.45) is 3.66. The van der Waals surface area contributed by atoms with Gasteiger partial charge in [-0.3, -0.25) is 14.5 Å². The number of hydrogen-bond acceptors (Lipinski definition) is 5. The number of halogens is 1. The molecule has 0 radical (unpaired) electrons. The predicted molar refractivity (Wildman–Crippen MR) is 114 cm³/mol. The molecule has 0 N–H and O–H groups in total. The number of carbonyl (C=O) groups is 2. The maximum Gasteiger partial charge on any atom is 0.237 e. The molecule has 1 saturated carbocycles. The number of imide groups is 1. The van der Waals surface area contributed by atoms with Gasteiger partial charge in [-0.1, -0.05) is 42.8 Å². The van der Waals surface area contributed by atoms with Crippen molar-refractivity contribution in [2.24, 2.45) is 11.8 Å². The lowest BCUT2D eigenvalue weighted by Crippen LogP contribution is -2.30. The molecule has 1 aliphatic carbocycles. The maximum atomic E-state index is 13.8. The van der Waals surface area contributed by atoms with Crippen molar-refractivity contribution < 1.29 is 14.0 Å². The second kappa shape index (κ2) is 7.54. The number of thioether (sulfide) groups is 1. The third-order valence-electron chi connectivity index (χ3n) is 5.76. The van der Waals surface area contributed by atoms with E-state index in [2.05, 4.69) is 4.98 Å². The average molecular weight is 427 g/mol. The first-order chi connectivity index (χ1) is 14.1. The molecular formula is C22H19FN2O2S2. The highest BCUT2D eigenvalue weighted by atomic mass is 32.2. The van der Waals surface area contributed by atoms with Crippen LogP contribution in [0.2, 0.25) is 0 Å². The Bertz CT molecular complexity index is 1090. The Morgan fingerprint density at radius 1 is 1.07 bits per heavy atom. The number of rotatable bonds is 4. The van der Waals surface area contributed by atoms with Crippen molar-refractivity contribution in [1.82, 2.24) is 4.98 Å². The molecular weight excluding hydrogens is 407 g/mol. The summed E-state index contributed by atoms with van der Waals surface area (Å²) in [6.45, 7) is 0. The fourth-order valence-electron chi connectivity index (χ4n) is 4.26. The van der Waals surface area contributed by atoms with Gasteiger partial charge in [0.2, 0.25) is 11.8 Å². The summed E-state index contributed by atoms with van der Waals surface area (Å²) < 4.78 is 15.6. The van der Waals surface area contributed by atoms with Crippen molar-refractivity contribution in [1.29, 1.82) is 0 Å². The number of thiazole rings is 1. The summed E-state index contributed by atoms with van der Waals surface area (Å²) in [5, 5.41) is 0. The summed E-state index contributed by atoms with van der Waals surface area (Å²) in [6, 6.07) is 12.3. The molecule has 1 saturated heterocycles. The van der Waals surface area contributed by atoms with E-state index in [9.17, 15) is 14.0 Å². The van der Waals surface area contributed by atoms with Crippen LogP contribution >= 0.6 is 23.1 Å². The van der Waals surface area contributed by atoms with Crippen molar-refractivity contribution in [3.8, 4) is 0 Å². The van der Waals surface area contributed by atoms with Gasteiger partial charge in [0.15, 0.2) is 4.34 Å². The van der Waals surface area contributed by atoms with Crippen LogP contribution in [0, 0.1) is 17.7 Å².